The summed E-state index contributed by atoms with van der Waals surface area (Å²) in [6, 6.07) is 8.94. The first-order valence-electron chi connectivity index (χ1n) is 6.95. The summed E-state index contributed by atoms with van der Waals surface area (Å²) in [7, 11) is 1.06. The number of hydrogen-bond acceptors (Lipinski definition) is 3. The normalized spacial score (nSPS) is 23.7. The van der Waals surface area contributed by atoms with Crippen LogP contribution in [0.1, 0.15) is 31.2 Å². The van der Waals surface area contributed by atoms with Crippen molar-refractivity contribution in [2.45, 2.75) is 31.7 Å². The first-order valence-corrected chi connectivity index (χ1v) is 8.44. The highest BCUT2D eigenvalue weighted by atomic mass is 32.2. The molecule has 0 bridgehead atoms. The van der Waals surface area contributed by atoms with Crippen molar-refractivity contribution < 1.29 is 8.95 Å². The predicted octanol–water partition coefficient (Wildman–Crippen LogP) is 2.30. The lowest BCUT2D eigenvalue weighted by molar-refractivity contribution is 0.295. The first-order chi connectivity index (χ1) is 9.22. The van der Waals surface area contributed by atoms with Crippen LogP contribution in [0.3, 0.4) is 0 Å². The van der Waals surface area contributed by atoms with Crippen LogP contribution >= 0.6 is 0 Å². The molecule has 0 heterocycles. The van der Waals surface area contributed by atoms with Crippen LogP contribution in [0.4, 0.5) is 0 Å². The molecule has 0 aromatic heterocycles. The van der Waals surface area contributed by atoms with Crippen molar-refractivity contribution in [3.63, 3.8) is 0 Å². The van der Waals surface area contributed by atoms with Gasteiger partial charge in [-0.2, -0.15) is 0 Å². The molecule has 0 aliphatic heterocycles. The summed E-state index contributed by atoms with van der Waals surface area (Å²) in [5.74, 6) is 3.12. The Morgan fingerprint density at radius 1 is 1.42 bits per heavy atom. The molecular weight excluding hydrogens is 258 g/mol. The Hall–Kier alpha value is -0.870. The summed E-state index contributed by atoms with van der Waals surface area (Å²) in [6.07, 6.45) is 2.35. The molecule has 1 unspecified atom stereocenters. The molecule has 1 aliphatic rings. The largest absolute Gasteiger partial charge is 0.497 e. The lowest BCUT2D eigenvalue weighted by Gasteiger charge is -2.36. The number of ether oxygens (including phenoxy) is 1. The maximum Gasteiger partial charge on any atom is 0.119 e. The van der Waals surface area contributed by atoms with Crippen LogP contribution in [-0.2, 0) is 10.8 Å². The van der Waals surface area contributed by atoms with Gasteiger partial charge < -0.3 is 10.1 Å². The summed E-state index contributed by atoms with van der Waals surface area (Å²) in [6.45, 7) is 2.84. The second-order valence-corrected chi connectivity index (χ2v) is 6.89. The fourth-order valence-electron chi connectivity index (χ4n) is 2.47. The highest BCUT2D eigenvalue weighted by Crippen LogP contribution is 2.37. The zero-order chi connectivity index (χ0) is 13.7. The lowest BCUT2D eigenvalue weighted by Crippen LogP contribution is -2.41. The molecule has 1 aliphatic carbocycles. The molecule has 1 aromatic carbocycles. The summed E-state index contributed by atoms with van der Waals surface area (Å²) < 4.78 is 16.6. The van der Waals surface area contributed by atoms with Gasteiger partial charge in [0.15, 0.2) is 0 Å². The second-order valence-electron chi connectivity index (χ2n) is 5.03. The standard InChI is InChI=1S/C15H23NO2S/c1-3-19(17)8-7-16-14-9-13(10-14)12-5-4-6-15(11-12)18-2/h4-6,11,13-14,16H,3,7-10H2,1-2H3. The van der Waals surface area contributed by atoms with E-state index in [1.807, 2.05) is 13.0 Å². The van der Waals surface area contributed by atoms with Gasteiger partial charge in [-0.25, -0.2) is 0 Å². The summed E-state index contributed by atoms with van der Waals surface area (Å²) in [4.78, 5) is 0. The van der Waals surface area contributed by atoms with E-state index in [1.165, 1.54) is 18.4 Å². The van der Waals surface area contributed by atoms with Gasteiger partial charge in [-0.05, 0) is 36.5 Å². The summed E-state index contributed by atoms with van der Waals surface area (Å²) >= 11 is 0. The predicted molar refractivity (Wildman–Crippen MR) is 80.3 cm³/mol. The van der Waals surface area contributed by atoms with Gasteiger partial charge in [0, 0.05) is 34.9 Å². The molecule has 19 heavy (non-hydrogen) atoms. The molecular formula is C15H23NO2S. The van der Waals surface area contributed by atoms with Crippen LogP contribution in [0.5, 0.6) is 5.75 Å². The van der Waals surface area contributed by atoms with E-state index in [1.54, 1.807) is 7.11 Å². The molecule has 1 N–H and O–H groups in total. The summed E-state index contributed by atoms with van der Waals surface area (Å²) in [5.41, 5.74) is 1.37. The van der Waals surface area contributed by atoms with Crippen LogP contribution in [0.2, 0.25) is 0 Å². The number of methoxy groups -OCH3 is 1. The molecule has 0 spiro atoms. The number of hydrogen-bond donors (Lipinski definition) is 1. The van der Waals surface area contributed by atoms with Crippen molar-refractivity contribution in [3.05, 3.63) is 29.8 Å². The average Bonchev–Trinajstić information content (AvgIpc) is 2.41. The topological polar surface area (TPSA) is 38.3 Å². The van der Waals surface area contributed by atoms with Crippen molar-refractivity contribution in [3.8, 4) is 5.75 Å². The fourth-order valence-corrected chi connectivity index (χ4v) is 3.11. The van der Waals surface area contributed by atoms with Gasteiger partial charge in [0.2, 0.25) is 0 Å². The second kappa shape index (κ2) is 7.06. The smallest absolute Gasteiger partial charge is 0.119 e. The molecule has 0 saturated heterocycles. The molecule has 2 rings (SSSR count). The first kappa shape index (κ1) is 14.5. The molecule has 1 fully saturated rings. The molecule has 3 nitrogen and oxygen atoms in total. The Morgan fingerprint density at radius 3 is 2.89 bits per heavy atom. The van der Waals surface area contributed by atoms with E-state index in [4.69, 9.17) is 4.74 Å². The van der Waals surface area contributed by atoms with Crippen molar-refractivity contribution in [1.29, 1.82) is 0 Å². The monoisotopic (exact) mass is 281 g/mol. The zero-order valence-corrected chi connectivity index (χ0v) is 12.5. The number of nitrogens with one attached hydrogen (secondary N) is 1. The van der Waals surface area contributed by atoms with E-state index in [2.05, 4.69) is 23.5 Å². The van der Waals surface area contributed by atoms with E-state index in [9.17, 15) is 4.21 Å². The average molecular weight is 281 g/mol. The van der Waals surface area contributed by atoms with Crippen LogP contribution in [0.25, 0.3) is 0 Å². The van der Waals surface area contributed by atoms with E-state index >= 15 is 0 Å². The maximum absolute atomic E-state index is 11.3. The van der Waals surface area contributed by atoms with Crippen molar-refractivity contribution >= 4 is 10.8 Å². The van der Waals surface area contributed by atoms with Gasteiger partial charge in [0.05, 0.1) is 7.11 Å². The summed E-state index contributed by atoms with van der Waals surface area (Å²) in [5, 5.41) is 3.49. The maximum atomic E-state index is 11.3. The van der Waals surface area contributed by atoms with E-state index in [0.717, 1.165) is 23.8 Å². The third-order valence-corrected chi connectivity index (χ3v) is 5.09. The Morgan fingerprint density at radius 2 is 2.21 bits per heavy atom. The fraction of sp³-hybridized carbons (Fsp3) is 0.600. The van der Waals surface area contributed by atoms with E-state index in [-0.39, 0.29) is 0 Å². The van der Waals surface area contributed by atoms with Crippen molar-refractivity contribution in [2.24, 2.45) is 0 Å². The van der Waals surface area contributed by atoms with Crippen LogP contribution < -0.4 is 10.1 Å². The van der Waals surface area contributed by atoms with Crippen LogP contribution in [-0.4, -0.2) is 35.4 Å². The van der Waals surface area contributed by atoms with E-state index < -0.39 is 10.8 Å². The van der Waals surface area contributed by atoms with Gasteiger partial charge >= 0.3 is 0 Å². The van der Waals surface area contributed by atoms with Gasteiger partial charge in [-0.1, -0.05) is 19.1 Å². The zero-order valence-electron chi connectivity index (χ0n) is 11.7. The third kappa shape index (κ3) is 4.05. The number of benzene rings is 1. The number of rotatable bonds is 7. The Balaban J connectivity index is 1.72. The van der Waals surface area contributed by atoms with Crippen LogP contribution in [0, 0.1) is 0 Å². The minimum Gasteiger partial charge on any atom is -0.497 e. The highest BCUT2D eigenvalue weighted by molar-refractivity contribution is 7.84. The van der Waals surface area contributed by atoms with Crippen molar-refractivity contribution in [1.82, 2.24) is 5.32 Å². The molecule has 4 heteroatoms. The molecule has 106 valence electrons. The van der Waals surface area contributed by atoms with Crippen molar-refractivity contribution in [2.75, 3.05) is 25.2 Å². The Bertz CT molecular complexity index is 430. The lowest BCUT2D eigenvalue weighted by atomic mass is 9.76. The minimum absolute atomic E-state index is 0.588. The molecule has 0 radical (unpaired) electrons. The Kier molecular flexibility index (Phi) is 5.40. The SMILES string of the molecule is CCS(=O)CCNC1CC(c2cccc(OC)c2)C1. The van der Waals surface area contributed by atoms with Gasteiger partial charge in [-0.15, -0.1) is 0 Å². The molecule has 0 amide bonds. The van der Waals surface area contributed by atoms with E-state index in [0.29, 0.717) is 12.0 Å². The molecule has 1 atom stereocenters. The molecule has 1 saturated carbocycles. The van der Waals surface area contributed by atoms with Gasteiger partial charge in [0.25, 0.3) is 0 Å². The third-order valence-electron chi connectivity index (χ3n) is 3.79. The minimum atomic E-state index is -0.649. The highest BCUT2D eigenvalue weighted by Gasteiger charge is 2.29. The Labute approximate surface area is 118 Å². The van der Waals surface area contributed by atoms with Gasteiger partial charge in [-0.3, -0.25) is 4.21 Å². The van der Waals surface area contributed by atoms with Gasteiger partial charge in [0.1, 0.15) is 5.75 Å². The quantitative estimate of drug-likeness (QED) is 0.833. The van der Waals surface area contributed by atoms with Crippen LogP contribution in [0.15, 0.2) is 24.3 Å². The molecule has 1 aromatic rings.